The van der Waals surface area contributed by atoms with Crippen LogP contribution in [0.5, 0.6) is 0 Å². The third-order valence-electron chi connectivity index (χ3n) is 4.31. The van der Waals surface area contributed by atoms with Gasteiger partial charge in [-0.05, 0) is 51.4 Å². The molecule has 0 saturated heterocycles. The normalized spacial score (nSPS) is 29.6. The fourth-order valence-electron chi connectivity index (χ4n) is 3.20. The highest BCUT2D eigenvalue weighted by molar-refractivity contribution is 5.81. The van der Waals surface area contributed by atoms with Crippen LogP contribution < -0.4 is 10.6 Å². The lowest BCUT2D eigenvalue weighted by atomic mass is 9.74. The van der Waals surface area contributed by atoms with Gasteiger partial charge in [0.2, 0.25) is 5.91 Å². The summed E-state index contributed by atoms with van der Waals surface area (Å²) in [5.41, 5.74) is 0. The highest BCUT2D eigenvalue weighted by atomic mass is 16.2. The van der Waals surface area contributed by atoms with Gasteiger partial charge in [-0.1, -0.05) is 27.2 Å². The van der Waals surface area contributed by atoms with E-state index in [2.05, 4.69) is 31.4 Å². The molecule has 3 nitrogen and oxygen atoms in total. The van der Waals surface area contributed by atoms with Crippen molar-refractivity contribution in [2.24, 2.45) is 17.8 Å². The average molecular weight is 268 g/mol. The lowest BCUT2D eigenvalue weighted by molar-refractivity contribution is -0.123. The molecular weight excluding hydrogens is 236 g/mol. The third kappa shape index (κ3) is 5.13. The number of hydrogen-bond acceptors (Lipinski definition) is 2. The van der Waals surface area contributed by atoms with Gasteiger partial charge in [0.1, 0.15) is 0 Å². The first-order valence-corrected chi connectivity index (χ1v) is 7.87. The van der Waals surface area contributed by atoms with Crippen LogP contribution in [0.3, 0.4) is 0 Å². The summed E-state index contributed by atoms with van der Waals surface area (Å²) in [6.07, 6.45) is 3.81. The lowest BCUT2D eigenvalue weighted by Gasteiger charge is -2.39. The van der Waals surface area contributed by atoms with Crippen molar-refractivity contribution in [1.29, 1.82) is 0 Å². The smallest absolute Gasteiger partial charge is 0.237 e. The molecule has 1 rings (SSSR count). The summed E-state index contributed by atoms with van der Waals surface area (Å²) in [6.45, 7) is 12.9. The molecule has 1 aliphatic carbocycles. The van der Waals surface area contributed by atoms with Crippen LogP contribution in [-0.4, -0.2) is 24.0 Å². The van der Waals surface area contributed by atoms with E-state index in [0.29, 0.717) is 17.9 Å². The van der Waals surface area contributed by atoms with E-state index in [1.54, 1.807) is 0 Å². The second-order valence-corrected chi connectivity index (χ2v) is 6.98. The van der Waals surface area contributed by atoms with Gasteiger partial charge in [-0.2, -0.15) is 0 Å². The number of rotatable bonds is 5. The molecule has 1 saturated carbocycles. The predicted molar refractivity (Wildman–Crippen MR) is 81.0 cm³/mol. The number of nitrogens with one attached hydrogen (secondary N) is 2. The van der Waals surface area contributed by atoms with Gasteiger partial charge in [-0.25, -0.2) is 0 Å². The van der Waals surface area contributed by atoms with E-state index >= 15 is 0 Å². The van der Waals surface area contributed by atoms with Crippen molar-refractivity contribution in [3.63, 3.8) is 0 Å². The molecule has 4 atom stereocenters. The molecule has 0 aromatic rings. The van der Waals surface area contributed by atoms with E-state index in [9.17, 15) is 4.79 Å². The van der Waals surface area contributed by atoms with Gasteiger partial charge >= 0.3 is 0 Å². The molecular formula is C16H32N2O. The van der Waals surface area contributed by atoms with E-state index < -0.39 is 0 Å². The van der Waals surface area contributed by atoms with E-state index in [0.717, 1.165) is 5.92 Å². The van der Waals surface area contributed by atoms with Gasteiger partial charge < -0.3 is 10.6 Å². The van der Waals surface area contributed by atoms with Crippen molar-refractivity contribution >= 4 is 5.91 Å². The number of carbonyl (C=O) groups excluding carboxylic acids is 1. The molecule has 0 aromatic heterocycles. The first-order chi connectivity index (χ1) is 8.81. The SMILES string of the molecule is CC1CCC(C(C)C)C(NC(C)C(=O)NC(C)C)C1. The Hall–Kier alpha value is -0.570. The molecule has 1 aliphatic rings. The zero-order chi connectivity index (χ0) is 14.6. The highest BCUT2D eigenvalue weighted by Crippen LogP contribution is 2.33. The highest BCUT2D eigenvalue weighted by Gasteiger charge is 2.32. The molecule has 0 heterocycles. The van der Waals surface area contributed by atoms with Gasteiger partial charge in [-0.3, -0.25) is 4.79 Å². The Balaban J connectivity index is 2.58. The first kappa shape index (κ1) is 16.5. The van der Waals surface area contributed by atoms with E-state index in [1.807, 2.05) is 20.8 Å². The summed E-state index contributed by atoms with van der Waals surface area (Å²) in [5, 5.41) is 6.56. The zero-order valence-electron chi connectivity index (χ0n) is 13.5. The van der Waals surface area contributed by atoms with Crippen LogP contribution >= 0.6 is 0 Å². The van der Waals surface area contributed by atoms with Crippen molar-refractivity contribution in [2.75, 3.05) is 0 Å². The minimum Gasteiger partial charge on any atom is -0.353 e. The van der Waals surface area contributed by atoms with Crippen LogP contribution in [0, 0.1) is 17.8 Å². The van der Waals surface area contributed by atoms with Gasteiger partial charge in [0.25, 0.3) is 0 Å². The average Bonchev–Trinajstić information content (AvgIpc) is 2.27. The van der Waals surface area contributed by atoms with Crippen LogP contribution in [0.15, 0.2) is 0 Å². The summed E-state index contributed by atoms with van der Waals surface area (Å²) in [4.78, 5) is 12.0. The van der Waals surface area contributed by atoms with Gasteiger partial charge in [0.15, 0.2) is 0 Å². The van der Waals surface area contributed by atoms with Gasteiger partial charge in [0, 0.05) is 12.1 Å². The topological polar surface area (TPSA) is 41.1 Å². The molecule has 112 valence electrons. The van der Waals surface area contributed by atoms with E-state index in [4.69, 9.17) is 0 Å². The molecule has 1 amide bonds. The quantitative estimate of drug-likeness (QED) is 0.805. The van der Waals surface area contributed by atoms with Gasteiger partial charge in [0.05, 0.1) is 6.04 Å². The Morgan fingerprint density at radius 2 is 1.74 bits per heavy atom. The fraction of sp³-hybridized carbons (Fsp3) is 0.938. The Labute approximate surface area is 118 Å². The predicted octanol–water partition coefficient (Wildman–Crippen LogP) is 2.95. The maximum atomic E-state index is 12.0. The number of hydrogen-bond donors (Lipinski definition) is 2. The molecule has 4 unspecified atom stereocenters. The van der Waals surface area contributed by atoms with Gasteiger partial charge in [-0.15, -0.1) is 0 Å². The molecule has 0 aliphatic heterocycles. The van der Waals surface area contributed by atoms with Crippen LogP contribution in [0.4, 0.5) is 0 Å². The molecule has 19 heavy (non-hydrogen) atoms. The Morgan fingerprint density at radius 3 is 2.26 bits per heavy atom. The van der Waals surface area contributed by atoms with Crippen LogP contribution in [-0.2, 0) is 4.79 Å². The largest absolute Gasteiger partial charge is 0.353 e. The first-order valence-electron chi connectivity index (χ1n) is 7.87. The third-order valence-corrected chi connectivity index (χ3v) is 4.31. The Kier molecular flexibility index (Phi) is 6.31. The van der Waals surface area contributed by atoms with Crippen molar-refractivity contribution in [3.05, 3.63) is 0 Å². The molecule has 2 N–H and O–H groups in total. The summed E-state index contributed by atoms with van der Waals surface area (Å²) in [5.74, 6) is 2.28. The number of carbonyl (C=O) groups is 1. The maximum Gasteiger partial charge on any atom is 0.237 e. The summed E-state index contributed by atoms with van der Waals surface area (Å²) < 4.78 is 0. The monoisotopic (exact) mass is 268 g/mol. The van der Waals surface area contributed by atoms with Crippen LogP contribution in [0.1, 0.15) is 60.8 Å². The van der Waals surface area contributed by atoms with Crippen molar-refractivity contribution in [2.45, 2.75) is 78.9 Å². The van der Waals surface area contributed by atoms with E-state index in [1.165, 1.54) is 19.3 Å². The minimum atomic E-state index is -0.0982. The molecule has 0 spiro atoms. The maximum absolute atomic E-state index is 12.0. The standard InChI is InChI=1S/C16H32N2O/c1-10(2)14-8-7-12(5)9-15(14)18-13(6)16(19)17-11(3)4/h10-15,18H,7-9H2,1-6H3,(H,17,19). The van der Waals surface area contributed by atoms with Crippen LogP contribution in [0.25, 0.3) is 0 Å². The molecule has 3 heteroatoms. The Morgan fingerprint density at radius 1 is 1.11 bits per heavy atom. The summed E-state index contributed by atoms with van der Waals surface area (Å²) in [7, 11) is 0. The molecule has 0 aromatic carbocycles. The number of amides is 1. The lowest BCUT2D eigenvalue weighted by Crippen LogP contribution is -2.52. The summed E-state index contributed by atoms with van der Waals surface area (Å²) >= 11 is 0. The van der Waals surface area contributed by atoms with Crippen molar-refractivity contribution in [1.82, 2.24) is 10.6 Å². The zero-order valence-corrected chi connectivity index (χ0v) is 13.5. The molecule has 1 fully saturated rings. The van der Waals surface area contributed by atoms with Crippen molar-refractivity contribution in [3.8, 4) is 0 Å². The van der Waals surface area contributed by atoms with Crippen molar-refractivity contribution < 1.29 is 4.79 Å². The van der Waals surface area contributed by atoms with E-state index in [-0.39, 0.29) is 18.0 Å². The minimum absolute atomic E-state index is 0.0982. The summed E-state index contributed by atoms with van der Waals surface area (Å²) in [6, 6.07) is 0.596. The Bertz CT molecular complexity index is 288. The van der Waals surface area contributed by atoms with Crippen LogP contribution in [0.2, 0.25) is 0 Å². The second kappa shape index (κ2) is 7.28. The fourth-order valence-corrected chi connectivity index (χ4v) is 3.20. The second-order valence-electron chi connectivity index (χ2n) is 6.98. The molecule has 0 radical (unpaired) electrons. The molecule has 0 bridgehead atoms.